The minimum atomic E-state index is -0.186. The Morgan fingerprint density at radius 3 is 2.22 bits per heavy atom. The molecule has 113 valence electrons. The minimum absolute atomic E-state index is 0.186. The number of carbonyl (C=O) groups excluding carboxylic acids is 1. The van der Waals surface area contributed by atoms with E-state index in [9.17, 15) is 4.79 Å². The summed E-state index contributed by atoms with van der Waals surface area (Å²) in [5.74, 6) is 1.13. The minimum Gasteiger partial charge on any atom is -0.455 e. The van der Waals surface area contributed by atoms with Gasteiger partial charge in [-0.15, -0.1) is 0 Å². The first-order chi connectivity index (χ1) is 11.2. The summed E-state index contributed by atoms with van der Waals surface area (Å²) in [6.45, 7) is 3.81. The number of hydrogen-bond donors (Lipinski definition) is 1. The molecule has 0 aliphatic rings. The van der Waals surface area contributed by atoms with Crippen LogP contribution < -0.4 is 10.1 Å². The molecule has 0 saturated heterocycles. The number of benzene rings is 3. The summed E-state index contributed by atoms with van der Waals surface area (Å²) in [6.07, 6.45) is 0. The Hall–Kier alpha value is -3.07. The van der Waals surface area contributed by atoms with Gasteiger partial charge in [-0.25, -0.2) is 0 Å². The van der Waals surface area contributed by atoms with E-state index in [0.29, 0.717) is 17.0 Å². The molecule has 0 unspecified atom stereocenters. The SMILES string of the molecule is [CH2]c1ccc(C(=O)Nc2ccccc2Oc2ccccc2)cc1. The van der Waals surface area contributed by atoms with Crippen LogP contribution in [0.5, 0.6) is 11.5 Å². The summed E-state index contributed by atoms with van der Waals surface area (Å²) >= 11 is 0. The number of ether oxygens (including phenoxy) is 1. The molecule has 0 bridgehead atoms. The highest BCUT2D eigenvalue weighted by Crippen LogP contribution is 2.29. The number of carbonyl (C=O) groups is 1. The van der Waals surface area contributed by atoms with Crippen molar-refractivity contribution in [3.63, 3.8) is 0 Å². The molecule has 0 aliphatic carbocycles. The average Bonchev–Trinajstić information content (AvgIpc) is 2.58. The van der Waals surface area contributed by atoms with Crippen molar-refractivity contribution in [3.05, 3.63) is 96.9 Å². The molecule has 0 aliphatic heterocycles. The zero-order chi connectivity index (χ0) is 16.1. The van der Waals surface area contributed by atoms with Gasteiger partial charge in [-0.3, -0.25) is 4.79 Å². The first kappa shape index (κ1) is 14.9. The van der Waals surface area contributed by atoms with E-state index in [1.54, 1.807) is 24.3 Å². The maximum atomic E-state index is 12.3. The van der Waals surface area contributed by atoms with Gasteiger partial charge < -0.3 is 10.1 Å². The zero-order valence-electron chi connectivity index (χ0n) is 12.5. The molecular weight excluding hydrogens is 286 g/mol. The van der Waals surface area contributed by atoms with Gasteiger partial charge in [-0.2, -0.15) is 0 Å². The van der Waals surface area contributed by atoms with Gasteiger partial charge in [0.15, 0.2) is 5.75 Å². The third-order valence-corrected chi connectivity index (χ3v) is 3.32. The average molecular weight is 302 g/mol. The van der Waals surface area contributed by atoms with E-state index in [1.165, 1.54) is 0 Å². The standard InChI is InChI=1S/C20H16NO2/c1-15-11-13-16(14-12-15)20(22)21-18-9-5-6-10-19(18)23-17-7-3-2-4-8-17/h2-14H,1H2,(H,21,22). The van der Waals surface area contributed by atoms with Crippen LogP contribution in [0.2, 0.25) is 0 Å². The van der Waals surface area contributed by atoms with Gasteiger partial charge in [-0.1, -0.05) is 42.5 Å². The van der Waals surface area contributed by atoms with Crippen molar-refractivity contribution < 1.29 is 9.53 Å². The molecule has 23 heavy (non-hydrogen) atoms. The molecule has 0 spiro atoms. The molecule has 3 nitrogen and oxygen atoms in total. The second-order valence-electron chi connectivity index (χ2n) is 5.06. The summed E-state index contributed by atoms with van der Waals surface area (Å²) < 4.78 is 5.84. The van der Waals surface area contributed by atoms with Crippen molar-refractivity contribution in [2.45, 2.75) is 0 Å². The number of nitrogens with one attached hydrogen (secondary N) is 1. The van der Waals surface area contributed by atoms with Gasteiger partial charge in [0, 0.05) is 5.56 Å². The van der Waals surface area contributed by atoms with Crippen molar-refractivity contribution in [3.8, 4) is 11.5 Å². The predicted molar refractivity (Wildman–Crippen MR) is 91.8 cm³/mol. The summed E-state index contributed by atoms with van der Waals surface area (Å²) in [7, 11) is 0. The number of amides is 1. The molecule has 3 rings (SSSR count). The van der Waals surface area contributed by atoms with Crippen LogP contribution in [-0.2, 0) is 0 Å². The van der Waals surface area contributed by atoms with Crippen LogP contribution in [0.15, 0.2) is 78.9 Å². The topological polar surface area (TPSA) is 38.3 Å². The van der Waals surface area contributed by atoms with E-state index in [2.05, 4.69) is 12.2 Å². The highest BCUT2D eigenvalue weighted by atomic mass is 16.5. The number of hydrogen-bond acceptors (Lipinski definition) is 2. The van der Waals surface area contributed by atoms with Crippen LogP contribution in [0.25, 0.3) is 0 Å². The Balaban J connectivity index is 1.80. The normalized spacial score (nSPS) is 10.1. The van der Waals surface area contributed by atoms with E-state index < -0.39 is 0 Å². The highest BCUT2D eigenvalue weighted by Gasteiger charge is 2.10. The first-order valence-electron chi connectivity index (χ1n) is 7.28. The summed E-state index contributed by atoms with van der Waals surface area (Å²) in [5, 5.41) is 2.88. The van der Waals surface area contributed by atoms with E-state index in [4.69, 9.17) is 4.74 Å². The maximum absolute atomic E-state index is 12.3. The third kappa shape index (κ3) is 3.77. The lowest BCUT2D eigenvalue weighted by molar-refractivity contribution is 0.102. The van der Waals surface area contributed by atoms with Crippen LogP contribution >= 0.6 is 0 Å². The molecule has 0 aromatic heterocycles. The fourth-order valence-corrected chi connectivity index (χ4v) is 2.13. The fourth-order valence-electron chi connectivity index (χ4n) is 2.13. The van der Waals surface area contributed by atoms with Gasteiger partial charge in [0.2, 0.25) is 0 Å². The molecule has 3 aromatic rings. The monoisotopic (exact) mass is 302 g/mol. The van der Waals surface area contributed by atoms with E-state index in [1.807, 2.05) is 54.6 Å². The van der Waals surface area contributed by atoms with Crippen LogP contribution in [0, 0.1) is 6.92 Å². The lowest BCUT2D eigenvalue weighted by atomic mass is 10.1. The van der Waals surface area contributed by atoms with Crippen LogP contribution in [0.4, 0.5) is 5.69 Å². The quantitative estimate of drug-likeness (QED) is 0.743. The van der Waals surface area contributed by atoms with Crippen LogP contribution in [0.3, 0.4) is 0 Å². The molecule has 1 N–H and O–H groups in total. The molecular formula is C20H16NO2. The summed E-state index contributed by atoms with van der Waals surface area (Å²) in [6, 6.07) is 23.9. The van der Waals surface area contributed by atoms with Crippen LogP contribution in [0.1, 0.15) is 15.9 Å². The summed E-state index contributed by atoms with van der Waals surface area (Å²) in [4.78, 5) is 12.3. The molecule has 0 fully saturated rings. The highest BCUT2D eigenvalue weighted by molar-refractivity contribution is 6.05. The van der Waals surface area contributed by atoms with E-state index in [0.717, 1.165) is 11.3 Å². The smallest absolute Gasteiger partial charge is 0.255 e. The molecule has 3 aromatic carbocycles. The number of anilines is 1. The van der Waals surface area contributed by atoms with Gasteiger partial charge in [0.1, 0.15) is 5.75 Å². The van der Waals surface area contributed by atoms with Crippen molar-refractivity contribution in [1.82, 2.24) is 0 Å². The Bertz CT molecular complexity index is 795. The Kier molecular flexibility index (Phi) is 4.39. The summed E-state index contributed by atoms with van der Waals surface area (Å²) in [5.41, 5.74) is 2.07. The molecule has 3 heteroatoms. The van der Waals surface area contributed by atoms with E-state index in [-0.39, 0.29) is 5.91 Å². The van der Waals surface area contributed by atoms with Crippen molar-refractivity contribution in [1.29, 1.82) is 0 Å². The van der Waals surface area contributed by atoms with Gasteiger partial charge in [-0.05, 0) is 48.9 Å². The van der Waals surface area contributed by atoms with Crippen molar-refractivity contribution in [2.75, 3.05) is 5.32 Å². The lowest BCUT2D eigenvalue weighted by Crippen LogP contribution is -2.12. The van der Waals surface area contributed by atoms with Crippen LogP contribution in [-0.4, -0.2) is 5.91 Å². The van der Waals surface area contributed by atoms with Gasteiger partial charge in [0.25, 0.3) is 5.91 Å². The number of para-hydroxylation sites is 3. The fraction of sp³-hybridized carbons (Fsp3) is 0. The molecule has 0 atom stereocenters. The Labute approximate surface area is 135 Å². The second-order valence-corrected chi connectivity index (χ2v) is 5.06. The lowest BCUT2D eigenvalue weighted by Gasteiger charge is -2.12. The Morgan fingerprint density at radius 1 is 0.826 bits per heavy atom. The van der Waals surface area contributed by atoms with E-state index >= 15 is 0 Å². The maximum Gasteiger partial charge on any atom is 0.255 e. The van der Waals surface area contributed by atoms with Crippen molar-refractivity contribution in [2.24, 2.45) is 0 Å². The largest absolute Gasteiger partial charge is 0.455 e. The third-order valence-electron chi connectivity index (χ3n) is 3.32. The Morgan fingerprint density at radius 2 is 1.48 bits per heavy atom. The molecule has 0 saturated carbocycles. The molecule has 1 amide bonds. The molecule has 1 radical (unpaired) electrons. The van der Waals surface area contributed by atoms with Crippen molar-refractivity contribution >= 4 is 11.6 Å². The first-order valence-corrected chi connectivity index (χ1v) is 7.28. The predicted octanol–water partition coefficient (Wildman–Crippen LogP) is 4.91. The number of rotatable bonds is 4. The van der Waals surface area contributed by atoms with Gasteiger partial charge in [0.05, 0.1) is 5.69 Å². The zero-order valence-corrected chi connectivity index (χ0v) is 12.5. The molecule has 0 heterocycles. The second kappa shape index (κ2) is 6.79. The van der Waals surface area contributed by atoms with Gasteiger partial charge >= 0.3 is 0 Å².